The zero-order chi connectivity index (χ0) is 29.2. The number of halogens is 4. The molecule has 0 aliphatic heterocycles. The summed E-state index contributed by atoms with van der Waals surface area (Å²) in [6.07, 6.45) is 1.84. The van der Waals surface area contributed by atoms with Crippen molar-refractivity contribution in [2.45, 2.75) is 37.8 Å². The van der Waals surface area contributed by atoms with Crippen LogP contribution in [0.3, 0.4) is 0 Å². The molecule has 0 spiro atoms. The summed E-state index contributed by atoms with van der Waals surface area (Å²) < 4.78 is 53.8. The normalized spacial score (nSPS) is 12.2. The number of pyridine rings is 1. The van der Waals surface area contributed by atoms with Crippen LogP contribution in [0.5, 0.6) is 5.75 Å². The van der Waals surface area contributed by atoms with Crippen molar-refractivity contribution in [2.75, 3.05) is 11.9 Å². The number of phenolic OH excluding ortho intramolecular Hbond substituents is 1. The molecule has 0 fully saturated rings. The van der Waals surface area contributed by atoms with Crippen LogP contribution in [0.25, 0.3) is 0 Å². The molecule has 210 valence electrons. The third-order valence-corrected chi connectivity index (χ3v) is 5.79. The maximum atomic E-state index is 13.7. The molecule has 3 aromatic rings. The van der Waals surface area contributed by atoms with Gasteiger partial charge in [-0.1, -0.05) is 24.0 Å². The molecular formula is C28H27F4N5O3. The van der Waals surface area contributed by atoms with Gasteiger partial charge in [-0.15, -0.1) is 0 Å². The molecule has 2 aromatic carbocycles. The van der Waals surface area contributed by atoms with Crippen molar-refractivity contribution in [3.05, 3.63) is 88.8 Å². The quantitative estimate of drug-likeness (QED) is 0.112. The second-order valence-corrected chi connectivity index (χ2v) is 8.88. The predicted molar refractivity (Wildman–Crippen MR) is 140 cm³/mol. The Kier molecular flexibility index (Phi) is 10.6. The largest absolute Gasteiger partial charge is 0.508 e. The summed E-state index contributed by atoms with van der Waals surface area (Å²) in [7, 11) is 0. The second-order valence-electron chi connectivity index (χ2n) is 8.88. The van der Waals surface area contributed by atoms with Crippen molar-refractivity contribution in [1.29, 1.82) is 0 Å². The standard InChI is InChI=1S/C28H27F4N5O3/c29-23-20(24(30)26(32)37-25(23)31)13-8-16-4-9-18(10-5-16)36-28(40)21(33)3-1-2-14-35-27(39)22(34)15-17-6-11-19(38)12-7-17/h4-7,9-12,21-22,38H,1-3,14-15,33-34H2,(H,35,39)(H,36,40). The lowest BCUT2D eigenvalue weighted by atomic mass is 10.1. The van der Waals surface area contributed by atoms with Crippen molar-refractivity contribution < 1.29 is 32.3 Å². The van der Waals surface area contributed by atoms with E-state index in [2.05, 4.69) is 21.5 Å². The number of unbranched alkanes of at least 4 members (excludes halogenated alkanes) is 1. The smallest absolute Gasteiger partial charge is 0.253 e. The van der Waals surface area contributed by atoms with Crippen molar-refractivity contribution in [3.63, 3.8) is 0 Å². The molecule has 2 unspecified atom stereocenters. The Morgan fingerprint density at radius 3 is 2.10 bits per heavy atom. The molecular weight excluding hydrogens is 530 g/mol. The minimum Gasteiger partial charge on any atom is -0.508 e. The highest BCUT2D eigenvalue weighted by Crippen LogP contribution is 2.16. The number of hydrogen-bond acceptors (Lipinski definition) is 6. The van der Waals surface area contributed by atoms with E-state index in [4.69, 9.17) is 11.5 Å². The van der Waals surface area contributed by atoms with Gasteiger partial charge in [0.2, 0.25) is 11.8 Å². The Morgan fingerprint density at radius 1 is 0.850 bits per heavy atom. The summed E-state index contributed by atoms with van der Waals surface area (Å²) in [5.41, 5.74) is 12.3. The number of anilines is 1. The van der Waals surface area contributed by atoms with E-state index in [1.807, 2.05) is 5.92 Å². The zero-order valence-electron chi connectivity index (χ0n) is 21.2. The van der Waals surface area contributed by atoms with Crippen LogP contribution in [0.4, 0.5) is 23.2 Å². The van der Waals surface area contributed by atoms with Gasteiger partial charge in [0.15, 0.2) is 11.6 Å². The Labute approximate surface area is 227 Å². The lowest BCUT2D eigenvalue weighted by molar-refractivity contribution is -0.122. The van der Waals surface area contributed by atoms with Crippen molar-refractivity contribution in [2.24, 2.45) is 11.5 Å². The fourth-order valence-corrected chi connectivity index (χ4v) is 3.54. The first-order valence-electron chi connectivity index (χ1n) is 12.2. The van der Waals surface area contributed by atoms with Crippen LogP contribution in [0, 0.1) is 35.4 Å². The maximum Gasteiger partial charge on any atom is 0.253 e. The highest BCUT2D eigenvalue weighted by atomic mass is 19.2. The first kappa shape index (κ1) is 30.1. The molecule has 2 amide bonds. The number of carbonyl (C=O) groups is 2. The second kappa shape index (κ2) is 14.1. The van der Waals surface area contributed by atoms with Gasteiger partial charge in [-0.2, -0.15) is 13.8 Å². The number of nitrogens with one attached hydrogen (secondary N) is 2. The van der Waals surface area contributed by atoms with E-state index >= 15 is 0 Å². The van der Waals surface area contributed by atoms with E-state index in [1.165, 1.54) is 36.4 Å². The Morgan fingerprint density at radius 2 is 1.48 bits per heavy atom. The number of carbonyl (C=O) groups excluding carboxylic acids is 2. The van der Waals surface area contributed by atoms with Crippen LogP contribution in [0.1, 0.15) is 36.0 Å². The van der Waals surface area contributed by atoms with Gasteiger partial charge in [-0.3, -0.25) is 9.59 Å². The molecule has 8 nitrogen and oxygen atoms in total. The monoisotopic (exact) mass is 557 g/mol. The van der Waals surface area contributed by atoms with Gasteiger partial charge in [0.25, 0.3) is 11.9 Å². The summed E-state index contributed by atoms with van der Waals surface area (Å²) in [4.78, 5) is 27.0. The Hall–Kier alpha value is -4.47. The molecule has 1 heterocycles. The lowest BCUT2D eigenvalue weighted by Gasteiger charge is -2.14. The third kappa shape index (κ3) is 8.52. The minimum absolute atomic E-state index is 0.131. The Balaban J connectivity index is 1.40. The number of rotatable bonds is 10. The molecule has 0 bridgehead atoms. The number of nitrogens with two attached hydrogens (primary N) is 2. The highest BCUT2D eigenvalue weighted by Gasteiger charge is 2.19. The molecule has 12 heteroatoms. The Bertz CT molecular complexity index is 1380. The van der Waals surface area contributed by atoms with Crippen LogP contribution in [0.2, 0.25) is 0 Å². The van der Waals surface area contributed by atoms with Gasteiger partial charge in [0.1, 0.15) is 11.3 Å². The molecule has 1 aromatic heterocycles. The number of amides is 2. The van der Waals surface area contributed by atoms with E-state index in [1.54, 1.807) is 12.1 Å². The summed E-state index contributed by atoms with van der Waals surface area (Å²) in [5.74, 6) is -3.16. The molecule has 0 saturated heterocycles. The first-order valence-corrected chi connectivity index (χ1v) is 12.2. The number of nitrogens with zero attached hydrogens (tertiary/aromatic N) is 1. The van der Waals surface area contributed by atoms with Gasteiger partial charge in [0.05, 0.1) is 12.1 Å². The third-order valence-electron chi connectivity index (χ3n) is 5.79. The van der Waals surface area contributed by atoms with Crippen molar-refractivity contribution in [1.82, 2.24) is 10.3 Å². The average molecular weight is 558 g/mol. The van der Waals surface area contributed by atoms with Crippen LogP contribution in [-0.4, -0.2) is 40.5 Å². The number of aromatic hydroxyl groups is 1. The van der Waals surface area contributed by atoms with E-state index in [0.717, 1.165) is 5.56 Å². The summed E-state index contributed by atoms with van der Waals surface area (Å²) in [6, 6.07) is 10.7. The fourth-order valence-electron chi connectivity index (χ4n) is 3.54. The van der Waals surface area contributed by atoms with E-state index < -0.39 is 47.1 Å². The van der Waals surface area contributed by atoms with Gasteiger partial charge in [-0.25, -0.2) is 8.78 Å². The molecule has 0 aliphatic rings. The summed E-state index contributed by atoms with van der Waals surface area (Å²) in [5, 5.41) is 14.7. The van der Waals surface area contributed by atoms with E-state index in [-0.39, 0.29) is 17.2 Å². The maximum absolute atomic E-state index is 13.7. The van der Waals surface area contributed by atoms with Gasteiger partial charge < -0.3 is 27.2 Å². The molecule has 0 radical (unpaired) electrons. The molecule has 40 heavy (non-hydrogen) atoms. The summed E-state index contributed by atoms with van der Waals surface area (Å²) in [6.45, 7) is 0.367. The first-order chi connectivity index (χ1) is 19.0. The van der Waals surface area contributed by atoms with Crippen LogP contribution < -0.4 is 22.1 Å². The molecule has 3 rings (SSSR count). The zero-order valence-corrected chi connectivity index (χ0v) is 21.2. The molecule has 0 saturated carbocycles. The highest BCUT2D eigenvalue weighted by molar-refractivity contribution is 5.94. The summed E-state index contributed by atoms with van der Waals surface area (Å²) >= 11 is 0. The SMILES string of the molecule is NC(Cc1ccc(O)cc1)C(=O)NCCCCC(N)C(=O)Nc1ccc(C#Cc2c(F)c(F)nc(F)c2F)cc1. The number of aromatic nitrogens is 1. The van der Waals surface area contributed by atoms with E-state index in [9.17, 15) is 32.3 Å². The van der Waals surface area contributed by atoms with Gasteiger partial charge in [0, 0.05) is 17.8 Å². The number of benzene rings is 2. The molecule has 2 atom stereocenters. The van der Waals surface area contributed by atoms with Crippen molar-refractivity contribution in [3.8, 4) is 17.6 Å². The number of hydrogen-bond donors (Lipinski definition) is 5. The lowest BCUT2D eigenvalue weighted by Crippen LogP contribution is -2.42. The van der Waals surface area contributed by atoms with Crippen LogP contribution in [0.15, 0.2) is 48.5 Å². The van der Waals surface area contributed by atoms with E-state index in [0.29, 0.717) is 37.9 Å². The van der Waals surface area contributed by atoms with Gasteiger partial charge in [-0.05, 0) is 67.6 Å². The predicted octanol–water partition coefficient (Wildman–Crippen LogP) is 2.87. The number of phenols is 1. The average Bonchev–Trinajstić information content (AvgIpc) is 2.93. The van der Waals surface area contributed by atoms with Gasteiger partial charge >= 0.3 is 0 Å². The fraction of sp³-hybridized carbons (Fsp3) is 0.250. The molecule has 7 N–H and O–H groups in total. The molecule has 0 aliphatic carbocycles. The topological polar surface area (TPSA) is 143 Å². The van der Waals surface area contributed by atoms with Crippen LogP contribution in [-0.2, 0) is 16.0 Å². The van der Waals surface area contributed by atoms with Crippen molar-refractivity contribution >= 4 is 17.5 Å². The minimum atomic E-state index is -1.80. The van der Waals surface area contributed by atoms with Crippen LogP contribution >= 0.6 is 0 Å².